The highest BCUT2D eigenvalue weighted by Crippen LogP contribution is 2.45. The molecular formula is C28H29ClN2O6S. The lowest BCUT2D eigenvalue weighted by atomic mass is 9.93. The Balaban J connectivity index is 1.77. The van der Waals surface area contributed by atoms with E-state index >= 15 is 0 Å². The molecule has 3 aromatic rings. The molecular weight excluding hydrogens is 528 g/mol. The van der Waals surface area contributed by atoms with Gasteiger partial charge in [0.15, 0.2) is 0 Å². The fourth-order valence-corrected chi connectivity index (χ4v) is 6.62. The number of nitrogens with zero attached hydrogens (tertiary/aromatic N) is 1. The first-order valence-corrected chi connectivity index (χ1v) is 13.8. The number of amides is 1. The molecule has 0 bridgehead atoms. The van der Waals surface area contributed by atoms with Crippen LogP contribution < -0.4 is 10.1 Å². The zero-order valence-electron chi connectivity index (χ0n) is 21.3. The van der Waals surface area contributed by atoms with Gasteiger partial charge in [0.1, 0.15) is 11.8 Å². The van der Waals surface area contributed by atoms with Crippen molar-refractivity contribution in [1.82, 2.24) is 9.62 Å². The number of hydrogen-bond acceptors (Lipinski definition) is 6. The monoisotopic (exact) mass is 556 g/mol. The van der Waals surface area contributed by atoms with Crippen molar-refractivity contribution in [3.05, 3.63) is 94.5 Å². The SMILES string of the molecule is COC(=O)C1CC(C(=O)NCc2ccc(C)cc2)N(S(=O)(=O)c2ccc(Cl)cc2)C1c1ccc(OC)cc1. The highest BCUT2D eigenvalue weighted by atomic mass is 35.5. The lowest BCUT2D eigenvalue weighted by molar-refractivity contribution is -0.146. The van der Waals surface area contributed by atoms with E-state index in [1.807, 2.05) is 31.2 Å². The van der Waals surface area contributed by atoms with Crippen LogP contribution in [-0.2, 0) is 30.9 Å². The van der Waals surface area contributed by atoms with E-state index < -0.39 is 39.9 Å². The van der Waals surface area contributed by atoms with E-state index in [1.54, 1.807) is 24.3 Å². The molecule has 10 heteroatoms. The number of rotatable bonds is 8. The number of methoxy groups -OCH3 is 2. The second kappa shape index (κ2) is 11.6. The highest BCUT2D eigenvalue weighted by Gasteiger charge is 2.54. The molecule has 0 saturated carbocycles. The van der Waals surface area contributed by atoms with Gasteiger partial charge < -0.3 is 14.8 Å². The van der Waals surface area contributed by atoms with Crippen molar-refractivity contribution >= 4 is 33.5 Å². The lowest BCUT2D eigenvalue weighted by Crippen LogP contribution is -2.46. The molecule has 1 fully saturated rings. The molecule has 0 aliphatic carbocycles. The summed E-state index contributed by atoms with van der Waals surface area (Å²) in [6.07, 6.45) is -0.0457. The van der Waals surface area contributed by atoms with Crippen molar-refractivity contribution < 1.29 is 27.5 Å². The molecule has 3 aromatic carbocycles. The van der Waals surface area contributed by atoms with Crippen molar-refractivity contribution in [2.75, 3.05) is 14.2 Å². The second-order valence-electron chi connectivity index (χ2n) is 9.09. The Bertz CT molecular complexity index is 1390. The number of esters is 1. The van der Waals surface area contributed by atoms with Crippen LogP contribution in [0.2, 0.25) is 5.02 Å². The second-order valence-corrected chi connectivity index (χ2v) is 11.4. The van der Waals surface area contributed by atoms with Crippen LogP contribution in [-0.4, -0.2) is 44.9 Å². The topological polar surface area (TPSA) is 102 Å². The fraction of sp³-hybridized carbons (Fsp3) is 0.286. The molecule has 1 N–H and O–H groups in total. The Morgan fingerprint density at radius 3 is 2.18 bits per heavy atom. The number of aryl methyl sites for hydroxylation is 1. The van der Waals surface area contributed by atoms with Crippen molar-refractivity contribution in [3.63, 3.8) is 0 Å². The van der Waals surface area contributed by atoms with Gasteiger partial charge >= 0.3 is 5.97 Å². The number of ether oxygens (including phenoxy) is 2. The van der Waals surface area contributed by atoms with E-state index in [4.69, 9.17) is 21.1 Å². The van der Waals surface area contributed by atoms with E-state index in [-0.39, 0.29) is 17.9 Å². The number of nitrogens with one attached hydrogen (secondary N) is 1. The maximum Gasteiger partial charge on any atom is 0.310 e. The zero-order chi connectivity index (χ0) is 27.4. The fourth-order valence-electron chi connectivity index (χ4n) is 4.68. The molecule has 1 aliphatic rings. The summed E-state index contributed by atoms with van der Waals surface area (Å²) in [5.41, 5.74) is 2.48. The predicted molar refractivity (Wildman–Crippen MR) is 143 cm³/mol. The van der Waals surface area contributed by atoms with E-state index in [0.717, 1.165) is 15.4 Å². The highest BCUT2D eigenvalue weighted by molar-refractivity contribution is 7.89. The number of benzene rings is 3. The molecule has 0 spiro atoms. The lowest BCUT2D eigenvalue weighted by Gasteiger charge is -2.30. The summed E-state index contributed by atoms with van der Waals surface area (Å²) < 4.78 is 39.5. The van der Waals surface area contributed by atoms with Gasteiger partial charge in [0.25, 0.3) is 0 Å². The number of hydrogen-bond donors (Lipinski definition) is 1. The Hall–Kier alpha value is -3.40. The number of halogens is 1. The summed E-state index contributed by atoms with van der Waals surface area (Å²) >= 11 is 6.00. The largest absolute Gasteiger partial charge is 0.497 e. The molecule has 4 rings (SSSR count). The van der Waals surface area contributed by atoms with E-state index in [1.165, 1.54) is 38.5 Å². The number of sulfonamides is 1. The Morgan fingerprint density at radius 2 is 1.61 bits per heavy atom. The van der Waals surface area contributed by atoms with Gasteiger partial charge in [0.05, 0.1) is 31.1 Å². The Morgan fingerprint density at radius 1 is 0.974 bits per heavy atom. The van der Waals surface area contributed by atoms with Crippen LogP contribution in [0.1, 0.15) is 29.2 Å². The first-order valence-electron chi connectivity index (χ1n) is 12.0. The van der Waals surface area contributed by atoms with Crippen LogP contribution >= 0.6 is 11.6 Å². The Labute approximate surface area is 227 Å². The molecule has 0 radical (unpaired) electrons. The molecule has 1 amide bonds. The molecule has 200 valence electrons. The summed E-state index contributed by atoms with van der Waals surface area (Å²) in [4.78, 5) is 26.4. The molecule has 1 heterocycles. The number of carbonyl (C=O) groups excluding carboxylic acids is 2. The third-order valence-corrected chi connectivity index (χ3v) is 8.84. The number of carbonyl (C=O) groups is 2. The molecule has 3 unspecified atom stereocenters. The van der Waals surface area contributed by atoms with Crippen LogP contribution in [0, 0.1) is 12.8 Å². The zero-order valence-corrected chi connectivity index (χ0v) is 22.8. The summed E-state index contributed by atoms with van der Waals surface area (Å²) in [6, 6.07) is 18.0. The van der Waals surface area contributed by atoms with Crippen molar-refractivity contribution in [3.8, 4) is 5.75 Å². The normalized spacial score (nSPS) is 19.6. The standard InChI is InChI=1S/C28H29ClN2O6S/c1-18-4-6-19(7-5-18)17-30-27(32)25-16-24(28(33)37-3)26(20-8-12-22(36-2)13-9-20)31(25)38(34,35)23-14-10-21(29)11-15-23/h4-15,24-26H,16-17H2,1-3H3,(H,30,32). The van der Waals surface area contributed by atoms with Crippen LogP contribution in [0.15, 0.2) is 77.7 Å². The van der Waals surface area contributed by atoms with Crippen LogP contribution in [0.3, 0.4) is 0 Å². The molecule has 1 aliphatic heterocycles. The summed E-state index contributed by atoms with van der Waals surface area (Å²) in [5.74, 6) is -1.45. The predicted octanol–water partition coefficient (Wildman–Crippen LogP) is 4.27. The van der Waals surface area contributed by atoms with E-state index in [9.17, 15) is 18.0 Å². The minimum Gasteiger partial charge on any atom is -0.497 e. The maximum atomic E-state index is 14.1. The summed E-state index contributed by atoms with van der Waals surface area (Å²) in [5, 5.41) is 3.22. The third kappa shape index (κ3) is 5.70. The third-order valence-electron chi connectivity index (χ3n) is 6.68. The van der Waals surface area contributed by atoms with Crippen LogP contribution in [0.4, 0.5) is 0 Å². The van der Waals surface area contributed by atoms with Gasteiger partial charge in [-0.1, -0.05) is 53.6 Å². The van der Waals surface area contributed by atoms with E-state index in [2.05, 4.69) is 5.32 Å². The molecule has 1 saturated heterocycles. The molecule has 8 nitrogen and oxygen atoms in total. The first kappa shape index (κ1) is 27.6. The van der Waals surface area contributed by atoms with Gasteiger partial charge in [-0.05, 0) is 60.9 Å². The van der Waals surface area contributed by atoms with Crippen molar-refractivity contribution in [2.45, 2.75) is 36.9 Å². The van der Waals surface area contributed by atoms with Gasteiger partial charge in [0.2, 0.25) is 15.9 Å². The first-order chi connectivity index (χ1) is 18.1. The maximum absolute atomic E-state index is 14.1. The van der Waals surface area contributed by atoms with Crippen molar-refractivity contribution in [2.24, 2.45) is 5.92 Å². The minimum absolute atomic E-state index is 0.0396. The molecule has 0 aromatic heterocycles. The summed E-state index contributed by atoms with van der Waals surface area (Å²) in [7, 11) is -1.48. The van der Waals surface area contributed by atoms with E-state index in [0.29, 0.717) is 16.3 Å². The van der Waals surface area contributed by atoms with Crippen LogP contribution in [0.5, 0.6) is 5.75 Å². The Kier molecular flexibility index (Phi) is 8.40. The van der Waals surface area contributed by atoms with Gasteiger partial charge in [-0.25, -0.2) is 8.42 Å². The van der Waals surface area contributed by atoms with Gasteiger partial charge in [0, 0.05) is 11.6 Å². The molecule has 38 heavy (non-hydrogen) atoms. The average molecular weight is 557 g/mol. The minimum atomic E-state index is -4.25. The quantitative estimate of drug-likeness (QED) is 0.416. The summed E-state index contributed by atoms with van der Waals surface area (Å²) in [6.45, 7) is 2.17. The van der Waals surface area contributed by atoms with Gasteiger partial charge in [-0.3, -0.25) is 9.59 Å². The molecule has 3 atom stereocenters. The van der Waals surface area contributed by atoms with Gasteiger partial charge in [-0.2, -0.15) is 4.31 Å². The smallest absolute Gasteiger partial charge is 0.310 e. The average Bonchev–Trinajstić information content (AvgIpc) is 3.34. The van der Waals surface area contributed by atoms with Gasteiger partial charge in [-0.15, -0.1) is 0 Å². The van der Waals surface area contributed by atoms with Crippen molar-refractivity contribution in [1.29, 1.82) is 0 Å². The van der Waals surface area contributed by atoms with Crippen LogP contribution in [0.25, 0.3) is 0 Å².